The van der Waals surface area contributed by atoms with Gasteiger partial charge in [0, 0.05) is 36.3 Å². The Bertz CT molecular complexity index is 510. The fourth-order valence-corrected chi connectivity index (χ4v) is 2.08. The first kappa shape index (κ1) is 14.0. The van der Waals surface area contributed by atoms with Gasteiger partial charge in [-0.05, 0) is 6.42 Å². The zero-order valence-corrected chi connectivity index (χ0v) is 11.0. The molecule has 0 unspecified atom stereocenters. The number of carbonyl (C=O) groups is 1. The molecule has 8 heteroatoms. The van der Waals surface area contributed by atoms with Crippen LogP contribution in [0.25, 0.3) is 0 Å². The average Bonchev–Trinajstić information content (AvgIpc) is 2.58. The zero-order chi connectivity index (χ0) is 13.1. The number of hydrogen-bond acceptors (Lipinski definition) is 4. The number of nitrogens with two attached hydrogens (primary N) is 1. The van der Waals surface area contributed by atoms with Crippen LogP contribution >= 0.6 is 10.7 Å². The van der Waals surface area contributed by atoms with Gasteiger partial charge in [-0.1, -0.05) is 6.92 Å². The Hall–Kier alpha value is -1.08. The molecule has 0 aliphatic heterocycles. The van der Waals surface area contributed by atoms with Crippen molar-refractivity contribution in [2.75, 3.05) is 0 Å². The summed E-state index contributed by atoms with van der Waals surface area (Å²) in [6, 6.07) is 0. The molecule has 0 aromatic carbocycles. The highest BCUT2D eigenvalue weighted by atomic mass is 35.7. The van der Waals surface area contributed by atoms with Crippen LogP contribution in [0.5, 0.6) is 0 Å². The lowest BCUT2D eigenvalue weighted by Gasteiger charge is -2.04. The Kier molecular flexibility index (Phi) is 4.53. The number of aryl methyl sites for hydroxylation is 2. The van der Waals surface area contributed by atoms with Gasteiger partial charge in [0.2, 0.25) is 5.91 Å². The van der Waals surface area contributed by atoms with Crippen molar-refractivity contribution in [3.05, 3.63) is 12.0 Å². The summed E-state index contributed by atoms with van der Waals surface area (Å²) in [5.41, 5.74) is 5.04. The van der Waals surface area contributed by atoms with Gasteiger partial charge in [0.05, 0.1) is 0 Å². The molecule has 2 N–H and O–H groups in total. The molecular formula is C9H14ClN3O3S. The third-order valence-corrected chi connectivity index (χ3v) is 3.33. The second-order valence-electron chi connectivity index (χ2n) is 3.59. The van der Waals surface area contributed by atoms with Crippen LogP contribution in [-0.4, -0.2) is 23.9 Å². The lowest BCUT2D eigenvalue weighted by molar-refractivity contribution is -0.118. The van der Waals surface area contributed by atoms with E-state index >= 15 is 0 Å². The van der Waals surface area contributed by atoms with E-state index in [2.05, 4.69) is 4.98 Å². The summed E-state index contributed by atoms with van der Waals surface area (Å²) in [6.07, 6.45) is 2.89. The standard InChI is InChI=1S/C9H14ClN3O3S/c1-2-3-8-12-9(17(10,15)16)6-13(8)5-4-7(11)14/h6H,2-5H2,1H3,(H2,11,14). The van der Waals surface area contributed by atoms with Gasteiger partial charge in [-0.15, -0.1) is 0 Å². The number of primary amides is 1. The number of aromatic nitrogens is 2. The number of imidazole rings is 1. The van der Waals surface area contributed by atoms with Crippen LogP contribution in [0.15, 0.2) is 11.2 Å². The summed E-state index contributed by atoms with van der Waals surface area (Å²) in [4.78, 5) is 14.6. The maximum atomic E-state index is 11.1. The highest BCUT2D eigenvalue weighted by Crippen LogP contribution is 2.15. The number of rotatable bonds is 6. The minimum absolute atomic E-state index is 0.134. The van der Waals surface area contributed by atoms with Crippen LogP contribution in [0.3, 0.4) is 0 Å². The lowest BCUT2D eigenvalue weighted by Crippen LogP contribution is -2.14. The zero-order valence-electron chi connectivity index (χ0n) is 9.39. The smallest absolute Gasteiger partial charge is 0.280 e. The van der Waals surface area contributed by atoms with E-state index in [1.165, 1.54) is 6.20 Å². The molecular weight excluding hydrogens is 266 g/mol. The van der Waals surface area contributed by atoms with E-state index in [4.69, 9.17) is 16.4 Å². The van der Waals surface area contributed by atoms with Crippen molar-refractivity contribution in [2.45, 2.75) is 37.8 Å². The highest BCUT2D eigenvalue weighted by molar-refractivity contribution is 8.13. The normalized spacial score (nSPS) is 11.6. The molecule has 0 fully saturated rings. The van der Waals surface area contributed by atoms with Crippen LogP contribution in [0.1, 0.15) is 25.6 Å². The first-order valence-corrected chi connectivity index (χ1v) is 7.44. The minimum Gasteiger partial charge on any atom is -0.370 e. The monoisotopic (exact) mass is 279 g/mol. The summed E-state index contributed by atoms with van der Waals surface area (Å²) in [7, 11) is 1.37. The van der Waals surface area contributed by atoms with Crippen LogP contribution < -0.4 is 5.73 Å². The second kappa shape index (κ2) is 5.50. The van der Waals surface area contributed by atoms with Crippen molar-refractivity contribution in [3.63, 3.8) is 0 Å². The number of halogens is 1. The highest BCUT2D eigenvalue weighted by Gasteiger charge is 2.17. The van der Waals surface area contributed by atoms with Gasteiger partial charge in [0.25, 0.3) is 9.05 Å². The molecule has 0 bridgehead atoms. The van der Waals surface area contributed by atoms with Gasteiger partial charge >= 0.3 is 0 Å². The van der Waals surface area contributed by atoms with Crippen molar-refractivity contribution in [3.8, 4) is 0 Å². The van der Waals surface area contributed by atoms with Crippen molar-refractivity contribution in [1.82, 2.24) is 9.55 Å². The van der Waals surface area contributed by atoms with Crippen LogP contribution in [-0.2, 0) is 26.8 Å². The van der Waals surface area contributed by atoms with Crippen molar-refractivity contribution >= 4 is 25.6 Å². The second-order valence-corrected chi connectivity index (χ2v) is 6.11. The van der Waals surface area contributed by atoms with Crippen LogP contribution in [0.4, 0.5) is 0 Å². The predicted octanol–water partition coefficient (Wildman–Crippen LogP) is 0.639. The van der Waals surface area contributed by atoms with E-state index in [0.29, 0.717) is 18.8 Å². The van der Waals surface area contributed by atoms with E-state index in [1.54, 1.807) is 4.57 Å². The Morgan fingerprint density at radius 1 is 1.59 bits per heavy atom. The van der Waals surface area contributed by atoms with E-state index in [1.807, 2.05) is 6.92 Å². The van der Waals surface area contributed by atoms with E-state index in [-0.39, 0.29) is 11.4 Å². The Labute approximate surface area is 104 Å². The first-order valence-electron chi connectivity index (χ1n) is 5.13. The van der Waals surface area contributed by atoms with Crippen LogP contribution in [0, 0.1) is 0 Å². The molecule has 0 saturated carbocycles. The Balaban J connectivity index is 3.01. The molecule has 1 aromatic heterocycles. The molecule has 96 valence electrons. The molecule has 0 aliphatic rings. The molecule has 0 aliphatic carbocycles. The number of amides is 1. The van der Waals surface area contributed by atoms with Gasteiger partial charge in [-0.25, -0.2) is 13.4 Å². The molecule has 1 heterocycles. The molecule has 6 nitrogen and oxygen atoms in total. The van der Waals surface area contributed by atoms with Crippen molar-refractivity contribution in [1.29, 1.82) is 0 Å². The van der Waals surface area contributed by atoms with Crippen LogP contribution in [0.2, 0.25) is 0 Å². The number of hydrogen-bond donors (Lipinski definition) is 1. The fraction of sp³-hybridized carbons (Fsp3) is 0.556. The largest absolute Gasteiger partial charge is 0.370 e. The number of carbonyl (C=O) groups excluding carboxylic acids is 1. The molecule has 17 heavy (non-hydrogen) atoms. The quantitative estimate of drug-likeness (QED) is 0.773. The predicted molar refractivity (Wildman–Crippen MR) is 63.1 cm³/mol. The molecule has 0 saturated heterocycles. The molecule has 0 spiro atoms. The summed E-state index contributed by atoms with van der Waals surface area (Å²) in [6.45, 7) is 2.26. The molecule has 0 radical (unpaired) electrons. The summed E-state index contributed by atoms with van der Waals surface area (Å²) >= 11 is 0. The van der Waals surface area contributed by atoms with E-state index < -0.39 is 15.0 Å². The lowest BCUT2D eigenvalue weighted by atomic mass is 10.3. The maximum Gasteiger partial charge on any atom is 0.280 e. The summed E-state index contributed by atoms with van der Waals surface area (Å²) in [5, 5.41) is -0.188. The van der Waals surface area contributed by atoms with Crippen molar-refractivity contribution < 1.29 is 13.2 Å². The van der Waals surface area contributed by atoms with Gasteiger partial charge in [-0.2, -0.15) is 0 Å². The van der Waals surface area contributed by atoms with Crippen molar-refractivity contribution in [2.24, 2.45) is 5.73 Å². The Morgan fingerprint density at radius 3 is 2.71 bits per heavy atom. The number of nitrogens with zero attached hydrogens (tertiary/aromatic N) is 2. The first-order chi connectivity index (χ1) is 7.84. The van der Waals surface area contributed by atoms with E-state index in [9.17, 15) is 13.2 Å². The SMILES string of the molecule is CCCc1nc(S(=O)(=O)Cl)cn1CCC(N)=O. The maximum absolute atomic E-state index is 11.1. The van der Waals surface area contributed by atoms with Gasteiger partial charge < -0.3 is 10.3 Å². The molecule has 1 amide bonds. The van der Waals surface area contributed by atoms with Gasteiger partial charge in [0.15, 0.2) is 5.03 Å². The summed E-state index contributed by atoms with van der Waals surface area (Å²) in [5.74, 6) is 0.143. The molecule has 1 aromatic rings. The third kappa shape index (κ3) is 4.01. The average molecular weight is 280 g/mol. The molecule has 1 rings (SSSR count). The minimum atomic E-state index is -3.84. The van der Waals surface area contributed by atoms with E-state index in [0.717, 1.165) is 6.42 Å². The third-order valence-electron chi connectivity index (χ3n) is 2.16. The topological polar surface area (TPSA) is 95.1 Å². The Morgan fingerprint density at radius 2 is 2.24 bits per heavy atom. The molecule has 0 atom stereocenters. The summed E-state index contributed by atoms with van der Waals surface area (Å²) < 4.78 is 23.9. The van der Waals surface area contributed by atoms with Gasteiger partial charge in [-0.3, -0.25) is 4.79 Å². The fourth-order valence-electron chi connectivity index (χ4n) is 1.39. The van der Waals surface area contributed by atoms with Gasteiger partial charge in [0.1, 0.15) is 5.82 Å².